The number of halogens is 1. The Morgan fingerprint density at radius 3 is 2.94 bits per heavy atom. The van der Waals surface area contributed by atoms with Crippen LogP contribution in [0.5, 0.6) is 0 Å². The topological polar surface area (TPSA) is 93.2 Å². The summed E-state index contributed by atoms with van der Waals surface area (Å²) >= 11 is 0. The Morgan fingerprint density at radius 2 is 2.33 bits per heavy atom. The maximum atomic E-state index is 13.5. The average Bonchev–Trinajstić information content (AvgIpc) is 2.38. The van der Waals surface area contributed by atoms with Crippen LogP contribution in [-0.4, -0.2) is 31.8 Å². The number of rotatable bonds is 3. The van der Waals surface area contributed by atoms with Crippen molar-refractivity contribution in [1.29, 1.82) is 0 Å². The summed E-state index contributed by atoms with van der Waals surface area (Å²) < 4.78 is 13.5. The number of nitrogens with one attached hydrogen (secondary N) is 2. The van der Waals surface area contributed by atoms with Gasteiger partial charge in [0.05, 0.1) is 11.7 Å². The van der Waals surface area contributed by atoms with Crippen LogP contribution >= 0.6 is 0 Å². The fourth-order valence-electron chi connectivity index (χ4n) is 2.22. The molecule has 1 aromatic carbocycles. The van der Waals surface area contributed by atoms with E-state index in [1.54, 1.807) is 24.3 Å². The van der Waals surface area contributed by atoms with Crippen LogP contribution < -0.4 is 22.1 Å². The molecule has 5 nitrogen and oxygen atoms in total. The molecule has 0 spiro atoms. The zero-order valence-corrected chi connectivity index (χ0v) is 9.95. The van der Waals surface area contributed by atoms with Crippen LogP contribution in [0.3, 0.4) is 0 Å². The fraction of sp³-hybridized carbons (Fsp3) is 0.417. The summed E-state index contributed by atoms with van der Waals surface area (Å²) in [6, 6.07) is 6.66. The third-order valence-corrected chi connectivity index (χ3v) is 3.18. The second-order valence-corrected chi connectivity index (χ2v) is 4.54. The molecule has 98 valence electrons. The van der Waals surface area contributed by atoms with Gasteiger partial charge >= 0.3 is 0 Å². The van der Waals surface area contributed by atoms with Crippen molar-refractivity contribution in [3.8, 4) is 0 Å². The van der Waals surface area contributed by atoms with Gasteiger partial charge in [0.2, 0.25) is 5.91 Å². The van der Waals surface area contributed by atoms with Gasteiger partial charge in [0, 0.05) is 18.7 Å². The van der Waals surface area contributed by atoms with E-state index < -0.39 is 18.1 Å². The Kier molecular flexibility index (Phi) is 3.60. The summed E-state index contributed by atoms with van der Waals surface area (Å²) in [6.45, 7) is 0.382. The zero-order chi connectivity index (χ0) is 13.2. The normalized spacial score (nSPS) is 28.0. The smallest absolute Gasteiger partial charge is 0.248 e. The Balaban J connectivity index is 2.37. The van der Waals surface area contributed by atoms with Gasteiger partial charge in [-0.2, -0.15) is 0 Å². The molecule has 0 aliphatic carbocycles. The van der Waals surface area contributed by atoms with Crippen LogP contribution in [0.4, 0.5) is 4.39 Å². The van der Waals surface area contributed by atoms with Crippen LogP contribution in [0.2, 0.25) is 0 Å². The second kappa shape index (κ2) is 5.01. The minimum Gasteiger partial charge on any atom is -0.366 e. The van der Waals surface area contributed by atoms with E-state index in [1.165, 1.54) is 0 Å². The molecule has 2 unspecified atom stereocenters. The Hall–Kier alpha value is -1.50. The first kappa shape index (κ1) is 12.9. The van der Waals surface area contributed by atoms with Gasteiger partial charge in [0.15, 0.2) is 0 Å². The molecule has 0 bridgehead atoms. The first-order chi connectivity index (χ1) is 8.57. The Labute approximate surface area is 105 Å². The molecular formula is C12H17FN4O. The zero-order valence-electron chi connectivity index (χ0n) is 9.95. The highest BCUT2D eigenvalue weighted by molar-refractivity contribution is 5.92. The highest BCUT2D eigenvalue weighted by Crippen LogP contribution is 2.24. The lowest BCUT2D eigenvalue weighted by Crippen LogP contribution is -2.65. The van der Waals surface area contributed by atoms with Gasteiger partial charge in [0.1, 0.15) is 6.67 Å². The third kappa shape index (κ3) is 2.35. The molecular weight excluding hydrogens is 235 g/mol. The van der Waals surface area contributed by atoms with Crippen LogP contribution in [0.15, 0.2) is 24.3 Å². The maximum Gasteiger partial charge on any atom is 0.248 e. The summed E-state index contributed by atoms with van der Waals surface area (Å²) in [5.74, 6) is -0.529. The molecule has 18 heavy (non-hydrogen) atoms. The summed E-state index contributed by atoms with van der Waals surface area (Å²) in [5.41, 5.74) is 11.2. The third-order valence-electron chi connectivity index (χ3n) is 3.18. The maximum absolute atomic E-state index is 13.5. The van der Waals surface area contributed by atoms with Crippen LogP contribution in [0, 0.1) is 0 Å². The Morgan fingerprint density at radius 1 is 1.56 bits per heavy atom. The van der Waals surface area contributed by atoms with Crippen molar-refractivity contribution >= 4 is 5.91 Å². The van der Waals surface area contributed by atoms with E-state index in [9.17, 15) is 9.18 Å². The SMILES string of the molecule is NC(=O)c1cccc(C2(CF)CNCC(N)N2)c1. The number of alkyl halides is 1. The molecule has 1 fully saturated rings. The molecule has 6 heteroatoms. The minimum absolute atomic E-state index is 0.327. The standard InChI is InChI=1S/C12H17FN4O/c13-6-12(7-16-5-10(14)17-12)9-3-1-2-8(4-9)11(15)18/h1-4,10,16-17H,5-7,14H2,(H2,15,18). The minimum atomic E-state index is -0.900. The molecule has 1 aliphatic heterocycles. The molecule has 0 aromatic heterocycles. The Bertz CT molecular complexity index is 453. The fourth-order valence-corrected chi connectivity index (χ4v) is 2.22. The van der Waals surface area contributed by atoms with E-state index in [2.05, 4.69) is 10.6 Å². The molecule has 1 aromatic rings. The molecule has 1 amide bonds. The summed E-state index contributed by atoms with van der Waals surface area (Å²) in [6.07, 6.45) is -0.327. The highest BCUT2D eigenvalue weighted by Gasteiger charge is 2.36. The van der Waals surface area contributed by atoms with E-state index in [0.29, 0.717) is 24.2 Å². The quantitative estimate of drug-likeness (QED) is 0.579. The number of benzene rings is 1. The number of nitrogens with two attached hydrogens (primary N) is 2. The van der Waals surface area contributed by atoms with E-state index in [0.717, 1.165) is 0 Å². The van der Waals surface area contributed by atoms with Gasteiger partial charge in [0.25, 0.3) is 0 Å². The molecule has 1 saturated heterocycles. The van der Waals surface area contributed by atoms with E-state index in [-0.39, 0.29) is 6.17 Å². The van der Waals surface area contributed by atoms with E-state index in [4.69, 9.17) is 11.5 Å². The number of carbonyl (C=O) groups excluding carboxylic acids is 1. The molecule has 0 radical (unpaired) electrons. The lowest BCUT2D eigenvalue weighted by molar-refractivity contribution is 0.0999. The van der Waals surface area contributed by atoms with Crippen molar-refractivity contribution in [2.75, 3.05) is 19.8 Å². The van der Waals surface area contributed by atoms with Crippen molar-refractivity contribution in [2.45, 2.75) is 11.7 Å². The van der Waals surface area contributed by atoms with E-state index in [1.807, 2.05) is 0 Å². The first-order valence-corrected chi connectivity index (χ1v) is 5.78. The molecule has 1 heterocycles. The lowest BCUT2D eigenvalue weighted by Gasteiger charge is -2.40. The number of amides is 1. The largest absolute Gasteiger partial charge is 0.366 e. The van der Waals surface area contributed by atoms with Crippen LogP contribution in [0.1, 0.15) is 15.9 Å². The van der Waals surface area contributed by atoms with Gasteiger partial charge in [-0.3, -0.25) is 10.1 Å². The molecule has 0 saturated carbocycles. The van der Waals surface area contributed by atoms with Crippen LogP contribution in [-0.2, 0) is 5.54 Å². The van der Waals surface area contributed by atoms with Gasteiger partial charge in [-0.25, -0.2) is 4.39 Å². The van der Waals surface area contributed by atoms with Crippen molar-refractivity contribution < 1.29 is 9.18 Å². The molecule has 2 rings (SSSR count). The van der Waals surface area contributed by atoms with Gasteiger partial charge in [-0.05, 0) is 17.7 Å². The average molecular weight is 252 g/mol. The number of hydrogen-bond donors (Lipinski definition) is 4. The van der Waals surface area contributed by atoms with Crippen molar-refractivity contribution in [3.63, 3.8) is 0 Å². The van der Waals surface area contributed by atoms with Crippen LogP contribution in [0.25, 0.3) is 0 Å². The van der Waals surface area contributed by atoms with Gasteiger partial charge < -0.3 is 16.8 Å². The lowest BCUT2D eigenvalue weighted by atomic mass is 9.88. The molecule has 1 aliphatic rings. The highest BCUT2D eigenvalue weighted by atomic mass is 19.1. The molecule has 6 N–H and O–H groups in total. The van der Waals surface area contributed by atoms with Gasteiger partial charge in [-0.15, -0.1) is 0 Å². The number of primary amides is 1. The monoisotopic (exact) mass is 252 g/mol. The predicted molar refractivity (Wildman–Crippen MR) is 66.6 cm³/mol. The second-order valence-electron chi connectivity index (χ2n) is 4.54. The molecule has 2 atom stereocenters. The number of hydrogen-bond acceptors (Lipinski definition) is 4. The predicted octanol–water partition coefficient (Wildman–Crippen LogP) is -0.572. The van der Waals surface area contributed by atoms with Crippen molar-refractivity contribution in [1.82, 2.24) is 10.6 Å². The number of carbonyl (C=O) groups is 1. The number of piperazine rings is 1. The summed E-state index contributed by atoms with van der Waals surface area (Å²) in [4.78, 5) is 11.2. The summed E-state index contributed by atoms with van der Waals surface area (Å²) in [5, 5.41) is 6.13. The van der Waals surface area contributed by atoms with E-state index >= 15 is 0 Å². The van der Waals surface area contributed by atoms with Crippen molar-refractivity contribution in [2.24, 2.45) is 11.5 Å². The first-order valence-electron chi connectivity index (χ1n) is 5.78. The van der Waals surface area contributed by atoms with Gasteiger partial charge in [-0.1, -0.05) is 12.1 Å². The summed E-state index contributed by atoms with van der Waals surface area (Å²) in [7, 11) is 0. The van der Waals surface area contributed by atoms with Crippen molar-refractivity contribution in [3.05, 3.63) is 35.4 Å².